The quantitative estimate of drug-likeness (QED) is 0.0912. The van der Waals surface area contributed by atoms with Gasteiger partial charge in [-0.2, -0.15) is 0 Å². The molecule has 5 aliphatic rings. The molecule has 404 valence electrons. The number of alkyl halides is 1. The van der Waals surface area contributed by atoms with Gasteiger partial charge in [-0.3, -0.25) is 33.6 Å². The van der Waals surface area contributed by atoms with Gasteiger partial charge in [0.2, 0.25) is 0 Å². The maximum absolute atomic E-state index is 14.1. The van der Waals surface area contributed by atoms with Gasteiger partial charge in [0, 0.05) is 99.1 Å². The lowest BCUT2D eigenvalue weighted by atomic mass is 9.94. The van der Waals surface area contributed by atoms with E-state index in [-0.39, 0.29) is 34.6 Å². The average molecular weight is 1190 g/mol. The van der Waals surface area contributed by atoms with Crippen molar-refractivity contribution < 1.29 is 18.4 Å². The number of allylic oxidation sites excluding steroid dienone is 3. The van der Waals surface area contributed by atoms with Crippen molar-refractivity contribution in [1.29, 1.82) is 0 Å². The summed E-state index contributed by atoms with van der Waals surface area (Å²) < 4.78 is 31.8. The number of anilines is 4. The first-order valence-corrected chi connectivity index (χ1v) is 27.9. The molecule has 2 unspecified atom stereocenters. The summed E-state index contributed by atoms with van der Waals surface area (Å²) in [6, 6.07) is 25.1. The third kappa shape index (κ3) is 12.4. The van der Waals surface area contributed by atoms with Crippen molar-refractivity contribution in [2.45, 2.75) is 51.7 Å². The van der Waals surface area contributed by atoms with Gasteiger partial charge in [0.25, 0.3) is 22.9 Å². The number of H-pyrrole nitrogens is 1. The Morgan fingerprint density at radius 1 is 0.636 bits per heavy atom. The number of carbonyl (C=O) groups excluding carboxylic acids is 2. The lowest BCUT2D eigenvalue weighted by Gasteiger charge is -2.39. The van der Waals surface area contributed by atoms with Crippen LogP contribution in [0.25, 0.3) is 0 Å². The van der Waals surface area contributed by atoms with E-state index in [0.29, 0.717) is 120 Å². The Morgan fingerprint density at radius 3 is 1.55 bits per heavy atom. The Labute approximate surface area is 473 Å². The molecular weight excluding hydrogens is 1140 g/mol. The number of carbonyl (C=O) groups is 2. The first-order valence-electron chi connectivity index (χ1n) is 25.3. The van der Waals surface area contributed by atoms with E-state index in [2.05, 4.69) is 48.0 Å². The Kier molecular flexibility index (Phi) is 17.4. The molecule has 4 aliphatic heterocycles. The molecule has 2 amide bonds. The highest BCUT2D eigenvalue weighted by atomic mass is 79.9. The van der Waals surface area contributed by atoms with Gasteiger partial charge in [0.1, 0.15) is 35.4 Å². The van der Waals surface area contributed by atoms with Gasteiger partial charge in [0.05, 0.1) is 31.2 Å². The van der Waals surface area contributed by atoms with E-state index in [1.54, 1.807) is 81.0 Å². The van der Waals surface area contributed by atoms with Gasteiger partial charge in [0.15, 0.2) is 0 Å². The number of nitrogens with one attached hydrogen (secondary N) is 3. The van der Waals surface area contributed by atoms with Crippen LogP contribution in [0.3, 0.4) is 0 Å². The van der Waals surface area contributed by atoms with Crippen molar-refractivity contribution in [2.75, 3.05) is 78.1 Å². The molecule has 2 aromatic heterocycles. The normalized spacial score (nSPS) is 18.0. The summed E-state index contributed by atoms with van der Waals surface area (Å²) in [6.07, 6.45) is 5.27. The van der Waals surface area contributed by atoms with Gasteiger partial charge in [-0.05, 0) is 123 Å². The van der Waals surface area contributed by atoms with Gasteiger partial charge in [-0.1, -0.05) is 80.5 Å². The van der Waals surface area contributed by atoms with Crippen LogP contribution >= 0.6 is 62.3 Å². The highest BCUT2D eigenvalue weighted by molar-refractivity contribution is 9.09. The minimum Gasteiger partial charge on any atom is -0.368 e. The van der Waals surface area contributed by atoms with Crippen LogP contribution < -0.4 is 31.6 Å². The number of amides is 2. The number of aromatic nitrogens is 4. The zero-order valence-corrected chi connectivity index (χ0v) is 47.0. The van der Waals surface area contributed by atoms with Crippen LogP contribution in [0.15, 0.2) is 142 Å². The van der Waals surface area contributed by atoms with E-state index in [1.807, 2.05) is 29.5 Å². The molecule has 6 heterocycles. The Bertz CT molecular complexity index is 3360. The molecule has 0 spiro atoms. The lowest BCUT2D eigenvalue weighted by Crippen LogP contribution is -2.50. The van der Waals surface area contributed by atoms with Crippen molar-refractivity contribution >= 4 is 97.2 Å². The summed E-state index contributed by atoms with van der Waals surface area (Å²) >= 11 is 28.4. The van der Waals surface area contributed by atoms with Crippen LogP contribution in [0, 0.1) is 17.6 Å². The summed E-state index contributed by atoms with van der Waals surface area (Å²) in [5, 5.41) is 12.0. The third-order valence-electron chi connectivity index (χ3n) is 14.2. The smallest absolute Gasteiger partial charge is 0.268 e. The molecule has 6 aromatic rings. The molecule has 3 fully saturated rings. The van der Waals surface area contributed by atoms with Crippen LogP contribution in [0.4, 0.5) is 31.8 Å². The fourth-order valence-electron chi connectivity index (χ4n) is 9.98. The topological polar surface area (TPSA) is 136 Å². The standard InChI is InChI=1S/C28H28Cl2FN5O2.C24H22Cl2FN5O2.C4H7Br/c1-3-4-11-35-25(37)17-24-32-18(2)26(27(36(24)35)19-5-10-22(29)23(30)16-19)28(38)34-14-12-33(13-15-34)21-8-6-20(31)7-9-21;1-14-22(24(34)31-10-8-30(9-11-31)17-5-3-16(27)4-6-17)23(15-2-7-18(25)19(26)12-15)32-20(28-14)13-21(33)29-32;5-3-4-1-2-4/h3,5-10,16-17,27,32H,1,4,11-15H2,2H3;2-7,12-13,23,28H,8-11H2,1H3,(H,29,33);4H,1-3H2. The predicted octanol–water partition coefficient (Wildman–Crippen LogP) is 11.4. The molecular formula is C56H57BrCl4F2N10O4. The number of rotatable bonds is 10. The largest absolute Gasteiger partial charge is 0.368 e. The van der Waals surface area contributed by atoms with Gasteiger partial charge in [-0.25, -0.2) is 13.5 Å². The summed E-state index contributed by atoms with van der Waals surface area (Å²) in [6.45, 7) is 12.4. The Balaban J connectivity index is 0.000000173. The summed E-state index contributed by atoms with van der Waals surface area (Å²) in [5.74, 6) is 1.42. The van der Waals surface area contributed by atoms with Crippen LogP contribution in [0.1, 0.15) is 56.3 Å². The number of benzene rings is 4. The van der Waals surface area contributed by atoms with Crippen molar-refractivity contribution in [2.24, 2.45) is 5.92 Å². The number of halogens is 7. The molecule has 77 heavy (non-hydrogen) atoms. The predicted molar refractivity (Wildman–Crippen MR) is 307 cm³/mol. The first-order chi connectivity index (χ1) is 37.0. The molecule has 0 radical (unpaired) electrons. The van der Waals surface area contributed by atoms with Crippen molar-refractivity contribution in [3.8, 4) is 0 Å². The minimum absolute atomic E-state index is 0.119. The molecule has 21 heteroatoms. The molecule has 3 N–H and O–H groups in total. The van der Waals surface area contributed by atoms with Gasteiger partial charge in [-0.15, -0.1) is 6.58 Å². The first kappa shape index (κ1) is 55.5. The molecule has 14 nitrogen and oxygen atoms in total. The van der Waals surface area contributed by atoms with E-state index in [4.69, 9.17) is 46.4 Å². The number of hydrogen-bond acceptors (Lipinski definition) is 8. The number of fused-ring (bicyclic) bond motifs is 2. The van der Waals surface area contributed by atoms with Gasteiger partial charge < -0.3 is 30.2 Å². The van der Waals surface area contributed by atoms with Crippen LogP contribution in [0.2, 0.25) is 20.1 Å². The summed E-state index contributed by atoms with van der Waals surface area (Å²) in [7, 11) is 0. The van der Waals surface area contributed by atoms with E-state index in [0.717, 1.165) is 28.4 Å². The fourth-order valence-corrected chi connectivity index (χ4v) is 11.2. The van der Waals surface area contributed by atoms with E-state index in [1.165, 1.54) is 48.5 Å². The SMILES string of the molecule is BrCC1CC1.C=CCCn1c(=O)cc2n1C(c1ccc(Cl)c(Cl)c1)C(C(=O)N1CCN(c3ccc(F)cc3)CC1)=C(C)N2.CC1=C(C(=O)N2CCN(c3ccc(F)cc3)CC2)C(c2ccc(Cl)c(Cl)c2)n2[nH]c(=O)cc2N1. The monoisotopic (exact) mass is 1190 g/mol. The molecule has 0 bridgehead atoms. The molecule has 1 saturated carbocycles. The van der Waals surface area contributed by atoms with Crippen molar-refractivity contribution in [1.82, 2.24) is 28.9 Å². The van der Waals surface area contributed by atoms with Crippen LogP contribution in [-0.2, 0) is 16.1 Å². The fraction of sp³-hybridized carbons (Fsp3) is 0.321. The van der Waals surface area contributed by atoms with Crippen LogP contribution in [-0.4, -0.2) is 98.4 Å². The second kappa shape index (κ2) is 24.2. The maximum Gasteiger partial charge on any atom is 0.268 e. The number of aromatic amines is 1. The van der Waals surface area contributed by atoms with Crippen LogP contribution in [0.5, 0.6) is 0 Å². The second-order valence-corrected chi connectivity index (χ2v) is 21.7. The summed E-state index contributed by atoms with van der Waals surface area (Å²) in [4.78, 5) is 60.9. The van der Waals surface area contributed by atoms with E-state index in [9.17, 15) is 28.0 Å². The number of piperazine rings is 2. The van der Waals surface area contributed by atoms with E-state index >= 15 is 0 Å². The molecule has 2 atom stereocenters. The lowest BCUT2D eigenvalue weighted by molar-refractivity contribution is -0.128. The number of nitrogens with zero attached hydrogens (tertiary/aromatic N) is 7. The van der Waals surface area contributed by atoms with Crippen molar-refractivity contribution in [3.63, 3.8) is 0 Å². The highest BCUT2D eigenvalue weighted by Crippen LogP contribution is 2.41. The average Bonchev–Trinajstić information content (AvgIpc) is 4.16. The van der Waals surface area contributed by atoms with Crippen molar-refractivity contribution in [3.05, 3.63) is 196 Å². The molecule has 2 saturated heterocycles. The number of hydrogen-bond donors (Lipinski definition) is 3. The molecule has 11 rings (SSSR count). The third-order valence-corrected chi connectivity index (χ3v) is 16.6. The zero-order chi connectivity index (χ0) is 54.7. The second-order valence-electron chi connectivity index (χ2n) is 19.4. The highest BCUT2D eigenvalue weighted by Gasteiger charge is 2.39. The zero-order valence-electron chi connectivity index (χ0n) is 42.4. The van der Waals surface area contributed by atoms with Gasteiger partial charge >= 0.3 is 0 Å². The molecule has 1 aliphatic carbocycles. The minimum atomic E-state index is -0.587. The Hall–Kier alpha value is -6.24. The maximum atomic E-state index is 14.1. The molecule has 4 aromatic carbocycles. The Morgan fingerprint density at radius 2 is 1.10 bits per heavy atom. The van der Waals surface area contributed by atoms with E-state index < -0.39 is 12.1 Å². The summed E-state index contributed by atoms with van der Waals surface area (Å²) in [5.41, 5.74) is 5.28.